The van der Waals surface area contributed by atoms with Gasteiger partial charge < -0.3 is 11.1 Å². The van der Waals surface area contributed by atoms with Crippen molar-refractivity contribution >= 4 is 17.0 Å². The van der Waals surface area contributed by atoms with Gasteiger partial charge in [-0.15, -0.1) is 11.3 Å². The maximum atomic E-state index is 13.1. The van der Waals surface area contributed by atoms with Crippen LogP contribution in [0.15, 0.2) is 35.7 Å². The van der Waals surface area contributed by atoms with Gasteiger partial charge in [0.25, 0.3) is 0 Å². The smallest absolute Gasteiger partial charge is 0.146 e. The zero-order valence-corrected chi connectivity index (χ0v) is 9.56. The summed E-state index contributed by atoms with van der Waals surface area (Å²) in [5.74, 6) is -0.351. The van der Waals surface area contributed by atoms with Gasteiger partial charge in [0.05, 0.1) is 5.69 Å². The number of thiophene rings is 1. The summed E-state index contributed by atoms with van der Waals surface area (Å²) < 4.78 is 13.1. The Kier molecular flexibility index (Phi) is 3.54. The molecule has 0 fully saturated rings. The minimum absolute atomic E-state index is 0.196. The molecule has 0 aliphatic heterocycles. The highest BCUT2D eigenvalue weighted by atomic mass is 32.1. The van der Waals surface area contributed by atoms with E-state index in [0.29, 0.717) is 6.54 Å². The van der Waals surface area contributed by atoms with Crippen LogP contribution >= 0.6 is 11.3 Å². The van der Waals surface area contributed by atoms with Crippen molar-refractivity contribution in [3.63, 3.8) is 0 Å². The largest absolute Gasteiger partial charge is 0.396 e. The van der Waals surface area contributed by atoms with Gasteiger partial charge in [0, 0.05) is 18.0 Å². The lowest BCUT2D eigenvalue weighted by atomic mass is 10.2. The Morgan fingerprint density at radius 2 is 2.12 bits per heavy atom. The van der Waals surface area contributed by atoms with E-state index in [1.807, 2.05) is 17.5 Å². The SMILES string of the molecule is Nc1ccc(CNCc2cccs2)cc1F. The molecule has 0 radical (unpaired) electrons. The van der Waals surface area contributed by atoms with Crippen molar-refractivity contribution in [2.24, 2.45) is 0 Å². The van der Waals surface area contributed by atoms with Crippen molar-refractivity contribution in [2.45, 2.75) is 13.1 Å². The molecule has 0 bridgehead atoms. The van der Waals surface area contributed by atoms with Crippen LogP contribution in [-0.4, -0.2) is 0 Å². The van der Waals surface area contributed by atoms with E-state index in [-0.39, 0.29) is 11.5 Å². The molecule has 0 amide bonds. The molecule has 0 aliphatic carbocycles. The lowest BCUT2D eigenvalue weighted by Gasteiger charge is -2.04. The molecule has 3 N–H and O–H groups in total. The van der Waals surface area contributed by atoms with Crippen LogP contribution in [0.5, 0.6) is 0 Å². The third-order valence-electron chi connectivity index (χ3n) is 2.27. The van der Waals surface area contributed by atoms with Gasteiger partial charge >= 0.3 is 0 Å². The normalized spacial score (nSPS) is 10.6. The van der Waals surface area contributed by atoms with Crippen molar-refractivity contribution in [3.8, 4) is 0 Å². The standard InChI is InChI=1S/C12H13FN2S/c13-11-6-9(3-4-12(11)14)7-15-8-10-2-1-5-16-10/h1-6,15H,7-8,14H2. The van der Waals surface area contributed by atoms with Crippen LogP contribution in [0.4, 0.5) is 10.1 Å². The van der Waals surface area contributed by atoms with E-state index in [9.17, 15) is 4.39 Å². The predicted octanol–water partition coefficient (Wildman–Crippen LogP) is 2.76. The summed E-state index contributed by atoms with van der Waals surface area (Å²) in [6, 6.07) is 8.99. The second-order valence-corrected chi connectivity index (χ2v) is 4.57. The number of hydrogen-bond acceptors (Lipinski definition) is 3. The first-order valence-corrected chi connectivity index (χ1v) is 5.90. The van der Waals surface area contributed by atoms with Crippen LogP contribution in [0, 0.1) is 5.82 Å². The zero-order valence-electron chi connectivity index (χ0n) is 8.74. The second kappa shape index (κ2) is 5.09. The van der Waals surface area contributed by atoms with Gasteiger partial charge in [-0.25, -0.2) is 4.39 Å². The zero-order chi connectivity index (χ0) is 11.4. The lowest BCUT2D eigenvalue weighted by Crippen LogP contribution is -2.12. The number of rotatable bonds is 4. The molecule has 4 heteroatoms. The number of anilines is 1. The highest BCUT2D eigenvalue weighted by molar-refractivity contribution is 7.09. The van der Waals surface area contributed by atoms with E-state index < -0.39 is 0 Å². The topological polar surface area (TPSA) is 38.0 Å². The highest BCUT2D eigenvalue weighted by Gasteiger charge is 2.00. The van der Waals surface area contributed by atoms with Gasteiger partial charge in [-0.1, -0.05) is 12.1 Å². The lowest BCUT2D eigenvalue weighted by molar-refractivity contribution is 0.625. The van der Waals surface area contributed by atoms with E-state index in [1.54, 1.807) is 17.4 Å². The fraction of sp³-hybridized carbons (Fsp3) is 0.167. The fourth-order valence-electron chi connectivity index (χ4n) is 1.42. The molecule has 1 aromatic carbocycles. The van der Waals surface area contributed by atoms with Crippen LogP contribution in [0.3, 0.4) is 0 Å². The van der Waals surface area contributed by atoms with Crippen LogP contribution < -0.4 is 11.1 Å². The molecule has 0 unspecified atom stereocenters. The number of nitrogens with two attached hydrogens (primary N) is 1. The number of halogens is 1. The van der Waals surface area contributed by atoms with Crippen molar-refractivity contribution in [1.29, 1.82) is 0 Å². The molecule has 1 heterocycles. The van der Waals surface area contributed by atoms with Crippen molar-refractivity contribution < 1.29 is 4.39 Å². The Hall–Kier alpha value is -1.39. The maximum Gasteiger partial charge on any atom is 0.146 e. The van der Waals surface area contributed by atoms with E-state index in [4.69, 9.17) is 5.73 Å². The Morgan fingerprint density at radius 3 is 2.81 bits per heavy atom. The summed E-state index contributed by atoms with van der Waals surface area (Å²) in [6.45, 7) is 1.46. The second-order valence-electron chi connectivity index (χ2n) is 3.54. The van der Waals surface area contributed by atoms with Crippen LogP contribution in [0.25, 0.3) is 0 Å². The average Bonchev–Trinajstić information content (AvgIpc) is 2.76. The Bertz CT molecular complexity index is 454. The first kappa shape index (κ1) is 11.1. The maximum absolute atomic E-state index is 13.1. The molecular formula is C12H13FN2S. The fourth-order valence-corrected chi connectivity index (χ4v) is 2.10. The summed E-state index contributed by atoms with van der Waals surface area (Å²) in [5, 5.41) is 5.30. The molecule has 16 heavy (non-hydrogen) atoms. The molecular weight excluding hydrogens is 223 g/mol. The van der Waals surface area contributed by atoms with E-state index in [2.05, 4.69) is 11.4 Å². The number of nitrogens with one attached hydrogen (secondary N) is 1. The summed E-state index contributed by atoms with van der Waals surface area (Å²) in [4.78, 5) is 1.27. The minimum atomic E-state index is -0.351. The first-order chi connectivity index (χ1) is 7.75. The van der Waals surface area contributed by atoms with Crippen LogP contribution in [0.2, 0.25) is 0 Å². The molecule has 2 aromatic rings. The molecule has 0 spiro atoms. The molecule has 0 atom stereocenters. The Morgan fingerprint density at radius 1 is 1.25 bits per heavy atom. The van der Waals surface area contributed by atoms with Gasteiger partial charge in [0.15, 0.2) is 0 Å². The Labute approximate surface area is 97.9 Å². The van der Waals surface area contributed by atoms with Crippen molar-refractivity contribution in [1.82, 2.24) is 5.32 Å². The highest BCUT2D eigenvalue weighted by Crippen LogP contribution is 2.12. The average molecular weight is 236 g/mol. The molecule has 2 nitrogen and oxygen atoms in total. The predicted molar refractivity (Wildman–Crippen MR) is 65.7 cm³/mol. The van der Waals surface area contributed by atoms with Crippen LogP contribution in [-0.2, 0) is 13.1 Å². The van der Waals surface area contributed by atoms with Gasteiger partial charge in [-0.2, -0.15) is 0 Å². The molecule has 0 saturated heterocycles. The third-order valence-corrected chi connectivity index (χ3v) is 3.15. The van der Waals surface area contributed by atoms with Crippen LogP contribution in [0.1, 0.15) is 10.4 Å². The van der Waals surface area contributed by atoms with E-state index >= 15 is 0 Å². The minimum Gasteiger partial charge on any atom is -0.396 e. The number of nitrogen functional groups attached to an aromatic ring is 1. The van der Waals surface area contributed by atoms with Gasteiger partial charge in [-0.3, -0.25) is 0 Å². The third kappa shape index (κ3) is 2.81. The monoisotopic (exact) mass is 236 g/mol. The summed E-state index contributed by atoms with van der Waals surface area (Å²) >= 11 is 1.71. The quantitative estimate of drug-likeness (QED) is 0.801. The molecule has 2 rings (SSSR count). The van der Waals surface area contributed by atoms with E-state index in [1.165, 1.54) is 10.9 Å². The summed E-state index contributed by atoms with van der Waals surface area (Å²) in [5.41, 5.74) is 6.50. The molecule has 0 saturated carbocycles. The molecule has 1 aromatic heterocycles. The van der Waals surface area contributed by atoms with E-state index in [0.717, 1.165) is 12.1 Å². The Balaban J connectivity index is 1.87. The number of hydrogen-bond donors (Lipinski definition) is 2. The van der Waals surface area contributed by atoms with Gasteiger partial charge in [-0.05, 0) is 29.1 Å². The molecule has 84 valence electrons. The summed E-state index contributed by atoms with van der Waals surface area (Å²) in [7, 11) is 0. The number of benzene rings is 1. The molecule has 0 aliphatic rings. The first-order valence-electron chi connectivity index (χ1n) is 5.03. The van der Waals surface area contributed by atoms with Crippen molar-refractivity contribution in [3.05, 3.63) is 52.0 Å². The van der Waals surface area contributed by atoms with Gasteiger partial charge in [0.1, 0.15) is 5.82 Å². The van der Waals surface area contributed by atoms with Gasteiger partial charge in [0.2, 0.25) is 0 Å². The van der Waals surface area contributed by atoms with Crippen molar-refractivity contribution in [2.75, 3.05) is 5.73 Å². The summed E-state index contributed by atoms with van der Waals surface area (Å²) in [6.07, 6.45) is 0.